The lowest BCUT2D eigenvalue weighted by Gasteiger charge is -2.36. The van der Waals surface area contributed by atoms with Gasteiger partial charge in [-0.3, -0.25) is 4.84 Å². The number of fused-ring (bicyclic) bond motifs is 3. The number of hydrogen-bond donors (Lipinski definition) is 1. The molecule has 2 atom stereocenters. The van der Waals surface area contributed by atoms with Crippen molar-refractivity contribution in [2.75, 3.05) is 6.54 Å². The number of carbonyl (C=O) groups excluding carboxylic acids is 1. The maximum absolute atomic E-state index is 12.7. The summed E-state index contributed by atoms with van der Waals surface area (Å²) in [6.07, 6.45) is 5.36. The second-order valence-corrected chi connectivity index (χ2v) is 6.79. The topological polar surface area (TPSA) is 65.4 Å². The van der Waals surface area contributed by atoms with Gasteiger partial charge in [-0.25, -0.2) is 4.79 Å². The van der Waals surface area contributed by atoms with Gasteiger partial charge in [0.05, 0.1) is 6.04 Å². The number of urea groups is 1. The maximum atomic E-state index is 12.7. The number of benzene rings is 1. The molecule has 3 aliphatic rings. The van der Waals surface area contributed by atoms with Gasteiger partial charge < -0.3 is 10.1 Å². The highest BCUT2D eigenvalue weighted by molar-refractivity contribution is 5.78. The Labute approximate surface area is 135 Å². The standard InChI is InChI=1S/C17H21N3O3/c21-16-19-11-15(17(7-8-17)10-14(19)6-9-18-22)20(16)23-12-13-4-2-1-3-5-13/h1-5,9,14-15,22H,6-8,10-12H2/b18-9+/t14-,15-/m1/s1. The van der Waals surface area contributed by atoms with Crippen molar-refractivity contribution in [3.8, 4) is 0 Å². The average molecular weight is 315 g/mol. The maximum Gasteiger partial charge on any atom is 0.344 e. The predicted molar refractivity (Wildman–Crippen MR) is 83.9 cm³/mol. The third-order valence-corrected chi connectivity index (χ3v) is 5.44. The second-order valence-electron chi connectivity index (χ2n) is 6.79. The molecule has 2 amide bonds. The predicted octanol–water partition coefficient (Wildman–Crippen LogP) is 2.63. The van der Waals surface area contributed by atoms with Gasteiger partial charge in [-0.15, -0.1) is 5.16 Å². The van der Waals surface area contributed by atoms with Crippen LogP contribution in [0.1, 0.15) is 31.2 Å². The van der Waals surface area contributed by atoms with Crippen molar-refractivity contribution < 1.29 is 14.8 Å². The van der Waals surface area contributed by atoms with Crippen molar-refractivity contribution in [1.82, 2.24) is 9.96 Å². The zero-order valence-electron chi connectivity index (χ0n) is 13.0. The zero-order chi connectivity index (χ0) is 15.9. The van der Waals surface area contributed by atoms with Crippen molar-refractivity contribution in [2.24, 2.45) is 10.6 Å². The molecule has 1 N–H and O–H groups in total. The highest BCUT2D eigenvalue weighted by Gasteiger charge is 2.62. The molecular formula is C17H21N3O3. The average Bonchev–Trinajstić information content (AvgIpc) is 3.28. The van der Waals surface area contributed by atoms with Crippen LogP contribution in [0.4, 0.5) is 4.79 Å². The Morgan fingerprint density at radius 3 is 2.83 bits per heavy atom. The minimum Gasteiger partial charge on any atom is -0.411 e. The van der Waals surface area contributed by atoms with E-state index in [9.17, 15) is 4.79 Å². The first-order valence-corrected chi connectivity index (χ1v) is 8.16. The van der Waals surface area contributed by atoms with Gasteiger partial charge in [0.25, 0.3) is 0 Å². The summed E-state index contributed by atoms with van der Waals surface area (Å²) < 4.78 is 0. The SMILES string of the molecule is O=C1N2C[C@@H](N1OCc1ccccc1)C1(CC1)C[C@H]2C/C=N/O. The van der Waals surface area contributed by atoms with E-state index in [1.54, 1.807) is 5.06 Å². The molecule has 6 heteroatoms. The van der Waals surface area contributed by atoms with Crippen LogP contribution in [-0.4, -0.2) is 46.0 Å². The van der Waals surface area contributed by atoms with Gasteiger partial charge in [0.2, 0.25) is 0 Å². The summed E-state index contributed by atoms with van der Waals surface area (Å²) in [6, 6.07) is 10.1. The van der Waals surface area contributed by atoms with Crippen LogP contribution in [0.3, 0.4) is 0 Å². The molecule has 1 aromatic carbocycles. The Morgan fingerprint density at radius 2 is 2.13 bits per heavy atom. The van der Waals surface area contributed by atoms with Crippen LogP contribution in [0.5, 0.6) is 0 Å². The molecular weight excluding hydrogens is 294 g/mol. The monoisotopic (exact) mass is 315 g/mol. The molecule has 3 fully saturated rings. The van der Waals surface area contributed by atoms with Crippen molar-refractivity contribution in [1.29, 1.82) is 0 Å². The van der Waals surface area contributed by atoms with E-state index in [4.69, 9.17) is 10.0 Å². The fraction of sp³-hybridized carbons (Fsp3) is 0.529. The van der Waals surface area contributed by atoms with Crippen molar-refractivity contribution in [3.63, 3.8) is 0 Å². The zero-order valence-corrected chi connectivity index (χ0v) is 13.0. The molecule has 0 unspecified atom stereocenters. The van der Waals surface area contributed by atoms with Crippen LogP contribution in [0.25, 0.3) is 0 Å². The first-order chi connectivity index (χ1) is 11.2. The van der Waals surface area contributed by atoms with Crippen molar-refractivity contribution >= 4 is 12.2 Å². The first kappa shape index (κ1) is 14.5. The molecule has 1 spiro atoms. The van der Waals surface area contributed by atoms with Crippen LogP contribution in [0.2, 0.25) is 0 Å². The normalized spacial score (nSPS) is 28.1. The summed E-state index contributed by atoms with van der Waals surface area (Å²) in [7, 11) is 0. The number of oxime groups is 1. The summed E-state index contributed by atoms with van der Waals surface area (Å²) in [6.45, 7) is 1.13. The van der Waals surface area contributed by atoms with Crippen LogP contribution < -0.4 is 0 Å². The smallest absolute Gasteiger partial charge is 0.344 e. The second kappa shape index (κ2) is 5.53. The summed E-state index contributed by atoms with van der Waals surface area (Å²) in [5, 5.41) is 13.4. The molecule has 2 heterocycles. The molecule has 1 saturated carbocycles. The number of hydroxylamine groups is 2. The van der Waals surface area contributed by atoms with Crippen molar-refractivity contribution in [2.45, 2.75) is 44.4 Å². The number of amides is 2. The molecule has 6 nitrogen and oxygen atoms in total. The van der Waals surface area contributed by atoms with Gasteiger partial charge in [0, 0.05) is 25.2 Å². The van der Waals surface area contributed by atoms with E-state index in [0.717, 1.165) is 31.4 Å². The summed E-state index contributed by atoms with van der Waals surface area (Å²) in [5.74, 6) is 0. The highest BCUT2D eigenvalue weighted by Crippen LogP contribution is 2.59. The summed E-state index contributed by atoms with van der Waals surface area (Å²) in [4.78, 5) is 20.5. The van der Waals surface area contributed by atoms with Gasteiger partial charge in [-0.2, -0.15) is 5.06 Å². The van der Waals surface area contributed by atoms with E-state index in [2.05, 4.69) is 5.16 Å². The van der Waals surface area contributed by atoms with E-state index >= 15 is 0 Å². The van der Waals surface area contributed by atoms with Gasteiger partial charge in [0.1, 0.15) is 6.61 Å². The van der Waals surface area contributed by atoms with E-state index in [1.165, 1.54) is 6.21 Å². The van der Waals surface area contributed by atoms with E-state index < -0.39 is 0 Å². The van der Waals surface area contributed by atoms with Crippen LogP contribution >= 0.6 is 0 Å². The molecule has 23 heavy (non-hydrogen) atoms. The molecule has 2 saturated heterocycles. The Hall–Kier alpha value is -2.08. The summed E-state index contributed by atoms with van der Waals surface area (Å²) in [5.41, 5.74) is 1.26. The molecule has 0 aromatic heterocycles. The molecule has 122 valence electrons. The molecule has 1 aromatic rings. The van der Waals surface area contributed by atoms with Crippen molar-refractivity contribution in [3.05, 3.63) is 35.9 Å². The molecule has 1 aliphatic carbocycles. The minimum absolute atomic E-state index is 0.0500. The van der Waals surface area contributed by atoms with E-state index in [0.29, 0.717) is 13.0 Å². The van der Waals surface area contributed by atoms with Gasteiger partial charge >= 0.3 is 6.03 Å². The molecule has 2 bridgehead atoms. The Morgan fingerprint density at radius 1 is 1.35 bits per heavy atom. The quantitative estimate of drug-likeness (QED) is 0.516. The van der Waals surface area contributed by atoms with Crippen LogP contribution in [0, 0.1) is 5.41 Å². The number of carbonyl (C=O) groups is 1. The summed E-state index contributed by atoms with van der Waals surface area (Å²) >= 11 is 0. The third-order valence-electron chi connectivity index (χ3n) is 5.44. The van der Waals surface area contributed by atoms with Crippen LogP contribution in [0.15, 0.2) is 35.5 Å². The minimum atomic E-state index is -0.0500. The largest absolute Gasteiger partial charge is 0.411 e. The highest BCUT2D eigenvalue weighted by atomic mass is 16.7. The van der Waals surface area contributed by atoms with E-state index in [1.807, 2.05) is 35.2 Å². The fourth-order valence-electron chi connectivity index (χ4n) is 4.00. The lowest BCUT2D eigenvalue weighted by atomic mass is 9.84. The number of rotatable bonds is 5. The van der Waals surface area contributed by atoms with Crippen LogP contribution in [-0.2, 0) is 11.4 Å². The van der Waals surface area contributed by atoms with E-state index in [-0.39, 0.29) is 23.5 Å². The number of nitrogens with zero attached hydrogens (tertiary/aromatic N) is 3. The lowest BCUT2D eigenvalue weighted by molar-refractivity contribution is -0.153. The number of hydrogen-bond acceptors (Lipinski definition) is 4. The van der Waals surface area contributed by atoms with Gasteiger partial charge in [-0.1, -0.05) is 30.3 Å². The Kier molecular flexibility index (Phi) is 3.49. The third kappa shape index (κ3) is 2.47. The van der Waals surface area contributed by atoms with Gasteiger partial charge in [0.15, 0.2) is 0 Å². The van der Waals surface area contributed by atoms with Gasteiger partial charge in [-0.05, 0) is 30.2 Å². The Bertz CT molecular complexity index is 615. The first-order valence-electron chi connectivity index (χ1n) is 8.16. The number of piperidine rings is 1. The lowest BCUT2D eigenvalue weighted by Crippen LogP contribution is -2.45. The molecule has 4 rings (SSSR count). The Balaban J connectivity index is 1.50. The molecule has 2 aliphatic heterocycles. The molecule has 0 radical (unpaired) electrons. The fourth-order valence-corrected chi connectivity index (χ4v) is 4.00.